The SMILES string of the molecule is O=S(=O)(N1CCN(c2c[c]ccn2)CC1)C(F)(F)F. The van der Waals surface area contributed by atoms with E-state index in [1.807, 2.05) is 0 Å². The van der Waals surface area contributed by atoms with Crippen LogP contribution in [-0.2, 0) is 10.0 Å². The van der Waals surface area contributed by atoms with E-state index in [0.29, 0.717) is 10.1 Å². The number of alkyl halides is 3. The molecule has 1 radical (unpaired) electrons. The zero-order valence-corrected chi connectivity index (χ0v) is 10.6. The van der Waals surface area contributed by atoms with Gasteiger partial charge in [-0.05, 0) is 18.2 Å². The summed E-state index contributed by atoms with van der Waals surface area (Å²) in [6.45, 7) is -0.0861. The van der Waals surface area contributed by atoms with Gasteiger partial charge in [-0.1, -0.05) is 0 Å². The summed E-state index contributed by atoms with van der Waals surface area (Å²) in [5.74, 6) is 0.576. The molecule has 19 heavy (non-hydrogen) atoms. The average Bonchev–Trinajstić information content (AvgIpc) is 2.39. The van der Waals surface area contributed by atoms with Crippen molar-refractivity contribution in [3.8, 4) is 0 Å². The molecule has 1 saturated heterocycles. The molecule has 0 atom stereocenters. The zero-order valence-electron chi connectivity index (χ0n) is 9.76. The van der Waals surface area contributed by atoms with Crippen molar-refractivity contribution in [3.63, 3.8) is 0 Å². The largest absolute Gasteiger partial charge is 0.511 e. The summed E-state index contributed by atoms with van der Waals surface area (Å²) in [7, 11) is -5.23. The molecule has 1 aliphatic heterocycles. The summed E-state index contributed by atoms with van der Waals surface area (Å²) in [5, 5.41) is 0. The van der Waals surface area contributed by atoms with Gasteiger partial charge in [0.1, 0.15) is 5.82 Å². The molecular weight excluding hydrogens is 283 g/mol. The first kappa shape index (κ1) is 14.1. The number of nitrogens with zero attached hydrogens (tertiary/aromatic N) is 3. The molecule has 0 spiro atoms. The van der Waals surface area contributed by atoms with Crippen LogP contribution < -0.4 is 4.90 Å². The molecule has 105 valence electrons. The van der Waals surface area contributed by atoms with E-state index >= 15 is 0 Å². The van der Waals surface area contributed by atoms with E-state index in [1.165, 1.54) is 6.20 Å². The lowest BCUT2D eigenvalue weighted by Crippen LogP contribution is -2.52. The summed E-state index contributed by atoms with van der Waals surface area (Å²) in [5.41, 5.74) is -5.24. The lowest BCUT2D eigenvalue weighted by Gasteiger charge is -2.34. The number of rotatable bonds is 2. The van der Waals surface area contributed by atoms with Gasteiger partial charge in [0.05, 0.1) is 0 Å². The van der Waals surface area contributed by atoms with Crippen LogP contribution in [0.2, 0.25) is 0 Å². The molecule has 0 aliphatic carbocycles. The molecule has 1 fully saturated rings. The van der Waals surface area contributed by atoms with Gasteiger partial charge in [0, 0.05) is 32.4 Å². The van der Waals surface area contributed by atoms with Crippen molar-refractivity contribution >= 4 is 15.8 Å². The maximum atomic E-state index is 12.4. The number of sulfonamides is 1. The van der Waals surface area contributed by atoms with Crippen molar-refractivity contribution in [2.75, 3.05) is 31.1 Å². The molecule has 1 aromatic rings. The second-order valence-electron chi connectivity index (χ2n) is 3.95. The van der Waals surface area contributed by atoms with E-state index < -0.39 is 15.5 Å². The molecule has 0 N–H and O–H groups in total. The van der Waals surface area contributed by atoms with E-state index in [9.17, 15) is 21.6 Å². The summed E-state index contributed by atoms with van der Waals surface area (Å²) in [6, 6.07) is 6.02. The van der Waals surface area contributed by atoms with Crippen LogP contribution in [0, 0.1) is 6.07 Å². The van der Waals surface area contributed by atoms with Gasteiger partial charge in [-0.2, -0.15) is 17.5 Å². The topological polar surface area (TPSA) is 53.5 Å². The predicted octanol–water partition coefficient (Wildman–Crippen LogP) is 0.853. The second-order valence-corrected chi connectivity index (χ2v) is 5.88. The summed E-state index contributed by atoms with van der Waals surface area (Å²) >= 11 is 0. The van der Waals surface area contributed by atoms with Crippen LogP contribution in [0.15, 0.2) is 18.3 Å². The number of piperazine rings is 1. The fraction of sp³-hybridized carbons (Fsp3) is 0.500. The van der Waals surface area contributed by atoms with E-state index in [-0.39, 0.29) is 26.2 Å². The minimum atomic E-state index is -5.24. The van der Waals surface area contributed by atoms with Crippen molar-refractivity contribution in [2.24, 2.45) is 0 Å². The number of aromatic nitrogens is 1. The number of anilines is 1. The molecule has 1 aliphatic rings. The molecule has 0 aromatic carbocycles. The Bertz CT molecular complexity index is 525. The monoisotopic (exact) mass is 294 g/mol. The van der Waals surface area contributed by atoms with E-state index in [4.69, 9.17) is 0 Å². The van der Waals surface area contributed by atoms with Crippen LogP contribution in [0.1, 0.15) is 0 Å². The quantitative estimate of drug-likeness (QED) is 0.811. The van der Waals surface area contributed by atoms with Gasteiger partial charge in [0.2, 0.25) is 0 Å². The van der Waals surface area contributed by atoms with Gasteiger partial charge >= 0.3 is 15.5 Å². The number of hydrogen-bond donors (Lipinski definition) is 0. The highest BCUT2D eigenvalue weighted by Crippen LogP contribution is 2.27. The third-order valence-corrected chi connectivity index (χ3v) is 4.42. The first-order valence-corrected chi connectivity index (χ1v) is 6.90. The Balaban J connectivity index is 2.05. The van der Waals surface area contributed by atoms with Crippen LogP contribution in [0.3, 0.4) is 0 Å². The summed E-state index contributed by atoms with van der Waals surface area (Å²) in [6.07, 6.45) is 1.52. The van der Waals surface area contributed by atoms with Gasteiger partial charge < -0.3 is 4.90 Å². The molecular formula is C10H11F3N3O2S. The fourth-order valence-corrected chi connectivity index (χ4v) is 2.73. The first-order valence-electron chi connectivity index (χ1n) is 5.46. The van der Waals surface area contributed by atoms with Gasteiger partial charge in [-0.3, -0.25) is 0 Å². The van der Waals surface area contributed by atoms with Crippen molar-refractivity contribution < 1.29 is 21.6 Å². The highest BCUT2D eigenvalue weighted by Gasteiger charge is 2.50. The predicted molar refractivity (Wildman–Crippen MR) is 61.8 cm³/mol. The molecule has 2 rings (SSSR count). The summed E-state index contributed by atoms with van der Waals surface area (Å²) in [4.78, 5) is 5.76. The molecule has 0 bridgehead atoms. The highest BCUT2D eigenvalue weighted by molar-refractivity contribution is 7.90. The minimum Gasteiger partial charge on any atom is -0.354 e. The normalized spacial score (nSPS) is 18.6. The molecule has 0 unspecified atom stereocenters. The van der Waals surface area contributed by atoms with Crippen LogP contribution >= 0.6 is 0 Å². The fourth-order valence-electron chi connectivity index (χ4n) is 1.79. The lowest BCUT2D eigenvalue weighted by atomic mass is 10.3. The minimum absolute atomic E-state index is 0.167. The third kappa shape index (κ3) is 2.81. The van der Waals surface area contributed by atoms with Gasteiger partial charge in [-0.15, -0.1) is 0 Å². The average molecular weight is 294 g/mol. The maximum Gasteiger partial charge on any atom is 0.511 e. The highest BCUT2D eigenvalue weighted by atomic mass is 32.2. The van der Waals surface area contributed by atoms with Gasteiger partial charge in [0.15, 0.2) is 0 Å². The molecule has 5 nitrogen and oxygen atoms in total. The lowest BCUT2D eigenvalue weighted by molar-refractivity contribution is -0.0490. The molecule has 2 heterocycles. The smallest absolute Gasteiger partial charge is 0.354 e. The van der Waals surface area contributed by atoms with Crippen molar-refractivity contribution in [3.05, 3.63) is 24.4 Å². The molecule has 0 saturated carbocycles. The van der Waals surface area contributed by atoms with Crippen molar-refractivity contribution in [1.82, 2.24) is 9.29 Å². The van der Waals surface area contributed by atoms with Crippen molar-refractivity contribution in [2.45, 2.75) is 5.51 Å². The Morgan fingerprint density at radius 2 is 1.84 bits per heavy atom. The molecule has 9 heteroatoms. The van der Waals surface area contributed by atoms with E-state index in [1.54, 1.807) is 17.0 Å². The Morgan fingerprint density at radius 1 is 1.21 bits per heavy atom. The third-order valence-electron chi connectivity index (χ3n) is 2.79. The van der Waals surface area contributed by atoms with Crippen molar-refractivity contribution in [1.29, 1.82) is 0 Å². The first-order chi connectivity index (χ1) is 8.82. The molecule has 0 amide bonds. The van der Waals surface area contributed by atoms with Crippen LogP contribution in [0.5, 0.6) is 0 Å². The Morgan fingerprint density at radius 3 is 2.32 bits per heavy atom. The summed E-state index contributed by atoms with van der Waals surface area (Å²) < 4.78 is 60.0. The van der Waals surface area contributed by atoms with Crippen LogP contribution in [0.4, 0.5) is 19.0 Å². The Hall–Kier alpha value is -1.35. The maximum absolute atomic E-state index is 12.4. The van der Waals surface area contributed by atoms with Crippen LogP contribution in [0.25, 0.3) is 0 Å². The van der Waals surface area contributed by atoms with E-state index in [2.05, 4.69) is 11.1 Å². The Kier molecular flexibility index (Phi) is 3.68. The number of halogens is 3. The molecule has 1 aromatic heterocycles. The number of pyridine rings is 1. The zero-order chi connectivity index (χ0) is 14.1. The number of hydrogen-bond acceptors (Lipinski definition) is 4. The van der Waals surface area contributed by atoms with E-state index in [0.717, 1.165) is 0 Å². The van der Waals surface area contributed by atoms with Gasteiger partial charge in [-0.25, -0.2) is 13.4 Å². The second kappa shape index (κ2) is 4.97. The van der Waals surface area contributed by atoms with Gasteiger partial charge in [0.25, 0.3) is 0 Å². The Labute approximate surface area is 108 Å². The standard InChI is InChI=1S/C10H11F3N3O2S/c11-10(12,13)19(17,18)16-7-5-15(6-8-16)9-3-1-2-4-14-9/h2-4H,5-8H2. The van der Waals surface area contributed by atoms with Crippen LogP contribution in [-0.4, -0.2) is 49.4 Å².